The summed E-state index contributed by atoms with van der Waals surface area (Å²) in [6.45, 7) is 1.95. The Morgan fingerprint density at radius 3 is 2.84 bits per heavy atom. The van der Waals surface area contributed by atoms with E-state index in [2.05, 4.69) is 4.98 Å². The number of aryl methyl sites for hydroxylation is 1. The molecular weight excluding hydrogens is 289 g/mol. The molecule has 0 atom stereocenters. The molecule has 0 aliphatic rings. The highest BCUT2D eigenvalue weighted by atomic mass is 35.5. The van der Waals surface area contributed by atoms with E-state index in [1.54, 1.807) is 0 Å². The normalized spacial score (nSPS) is 10.7. The highest BCUT2D eigenvalue weighted by Gasteiger charge is 2.18. The van der Waals surface area contributed by atoms with Crippen LogP contribution in [-0.4, -0.2) is 16.1 Å². The molecule has 0 aliphatic carbocycles. The van der Waals surface area contributed by atoms with Crippen molar-refractivity contribution < 1.29 is 14.3 Å². The van der Waals surface area contributed by atoms with Gasteiger partial charge in [0.2, 0.25) is 0 Å². The number of aromatic carboxylic acids is 1. The molecule has 0 amide bonds. The lowest BCUT2D eigenvalue weighted by Crippen LogP contribution is -1.98. The lowest BCUT2D eigenvalue weighted by Gasteiger charge is -1.99. The van der Waals surface area contributed by atoms with Gasteiger partial charge in [-0.25, -0.2) is 14.2 Å². The summed E-state index contributed by atoms with van der Waals surface area (Å²) >= 11 is 7.02. The van der Waals surface area contributed by atoms with Gasteiger partial charge in [-0.05, 0) is 24.6 Å². The number of carbonyl (C=O) groups is 1. The average molecular weight is 300 g/mol. The third-order valence-corrected chi connectivity index (χ3v) is 3.97. The Hall–Kier alpha value is -1.46. The minimum absolute atomic E-state index is 0.220. The number of rotatable bonds is 4. The van der Waals surface area contributed by atoms with Gasteiger partial charge in [-0.3, -0.25) is 0 Å². The van der Waals surface area contributed by atoms with Crippen LogP contribution < -0.4 is 0 Å². The Balaban J connectivity index is 2.50. The van der Waals surface area contributed by atoms with E-state index in [1.807, 2.05) is 6.92 Å². The fourth-order valence-corrected chi connectivity index (χ4v) is 3.01. The molecule has 2 aromatic rings. The van der Waals surface area contributed by atoms with E-state index >= 15 is 0 Å². The van der Waals surface area contributed by atoms with E-state index in [9.17, 15) is 9.18 Å². The topological polar surface area (TPSA) is 50.2 Å². The smallest absolute Gasteiger partial charge is 0.347 e. The van der Waals surface area contributed by atoms with E-state index in [1.165, 1.54) is 18.2 Å². The van der Waals surface area contributed by atoms with Crippen molar-refractivity contribution in [1.29, 1.82) is 0 Å². The number of thiazole rings is 1. The van der Waals surface area contributed by atoms with Crippen molar-refractivity contribution >= 4 is 28.9 Å². The van der Waals surface area contributed by atoms with Crippen LogP contribution in [0.1, 0.15) is 28.7 Å². The Kier molecular flexibility index (Phi) is 4.17. The summed E-state index contributed by atoms with van der Waals surface area (Å²) in [5.74, 6) is -1.43. The van der Waals surface area contributed by atoms with Gasteiger partial charge in [0.15, 0.2) is 0 Å². The number of nitrogens with zero attached hydrogens (tertiary/aromatic N) is 1. The molecule has 2 rings (SSSR count). The van der Waals surface area contributed by atoms with Crippen LogP contribution in [0, 0.1) is 5.82 Å². The van der Waals surface area contributed by atoms with Gasteiger partial charge < -0.3 is 5.11 Å². The summed E-state index contributed by atoms with van der Waals surface area (Å²) in [6, 6.07) is 3.98. The van der Waals surface area contributed by atoms with Crippen molar-refractivity contribution in [1.82, 2.24) is 4.98 Å². The third kappa shape index (κ3) is 2.93. The molecule has 0 aliphatic heterocycles. The Labute approximate surface area is 118 Å². The van der Waals surface area contributed by atoms with Crippen molar-refractivity contribution in [2.24, 2.45) is 0 Å². The predicted octanol–water partition coefficient (Wildman–Crippen LogP) is 4.25. The van der Waals surface area contributed by atoms with Crippen molar-refractivity contribution in [3.8, 4) is 10.6 Å². The Bertz CT molecular complexity index is 627. The molecular formula is C13H11ClFNO2S. The molecule has 0 bridgehead atoms. The second kappa shape index (κ2) is 5.67. The zero-order valence-corrected chi connectivity index (χ0v) is 11.7. The van der Waals surface area contributed by atoms with Crippen LogP contribution in [0.4, 0.5) is 4.39 Å². The zero-order chi connectivity index (χ0) is 14.0. The second-order valence-corrected chi connectivity index (χ2v) is 5.38. The van der Waals surface area contributed by atoms with Gasteiger partial charge in [0, 0.05) is 5.56 Å². The summed E-state index contributed by atoms with van der Waals surface area (Å²) in [6.07, 6.45) is 1.40. The number of carboxylic acid groups (broad SMARTS) is 1. The molecule has 3 nitrogen and oxygen atoms in total. The first kappa shape index (κ1) is 14.0. The van der Waals surface area contributed by atoms with Crippen LogP contribution in [-0.2, 0) is 6.42 Å². The van der Waals surface area contributed by atoms with Crippen molar-refractivity contribution in [2.45, 2.75) is 19.8 Å². The van der Waals surface area contributed by atoms with E-state index < -0.39 is 11.8 Å². The molecule has 100 valence electrons. The van der Waals surface area contributed by atoms with Gasteiger partial charge >= 0.3 is 5.97 Å². The lowest BCUT2D eigenvalue weighted by atomic mass is 10.2. The van der Waals surface area contributed by atoms with Gasteiger partial charge in [-0.2, -0.15) is 0 Å². The Morgan fingerprint density at radius 2 is 2.26 bits per heavy atom. The van der Waals surface area contributed by atoms with Crippen molar-refractivity contribution in [3.05, 3.63) is 39.6 Å². The molecule has 1 aromatic heterocycles. The fourth-order valence-electron chi connectivity index (χ4n) is 1.70. The van der Waals surface area contributed by atoms with E-state index in [-0.39, 0.29) is 9.90 Å². The van der Waals surface area contributed by atoms with Crippen LogP contribution in [0.15, 0.2) is 18.2 Å². The molecule has 0 saturated carbocycles. The fraction of sp³-hybridized carbons (Fsp3) is 0.231. The van der Waals surface area contributed by atoms with Crippen LogP contribution in [0.3, 0.4) is 0 Å². The van der Waals surface area contributed by atoms with E-state index in [0.717, 1.165) is 17.8 Å². The maximum absolute atomic E-state index is 13.0. The van der Waals surface area contributed by atoms with Crippen LogP contribution in [0.25, 0.3) is 10.6 Å². The van der Waals surface area contributed by atoms with Gasteiger partial charge in [0.25, 0.3) is 0 Å². The van der Waals surface area contributed by atoms with Gasteiger partial charge in [-0.15, -0.1) is 11.3 Å². The molecule has 1 heterocycles. The molecule has 19 heavy (non-hydrogen) atoms. The highest BCUT2D eigenvalue weighted by molar-refractivity contribution is 7.17. The summed E-state index contributed by atoms with van der Waals surface area (Å²) in [5, 5.41) is 9.88. The van der Waals surface area contributed by atoms with Gasteiger partial charge in [0.1, 0.15) is 15.7 Å². The average Bonchev–Trinajstić information content (AvgIpc) is 2.73. The van der Waals surface area contributed by atoms with Crippen LogP contribution in [0.2, 0.25) is 5.02 Å². The van der Waals surface area contributed by atoms with Crippen LogP contribution >= 0.6 is 22.9 Å². The molecule has 1 N–H and O–H groups in total. The molecule has 0 unspecified atom stereocenters. The monoisotopic (exact) mass is 299 g/mol. The number of benzene rings is 1. The Morgan fingerprint density at radius 1 is 1.53 bits per heavy atom. The van der Waals surface area contributed by atoms with E-state index in [0.29, 0.717) is 22.7 Å². The van der Waals surface area contributed by atoms with Gasteiger partial charge in [0.05, 0.1) is 10.7 Å². The number of carboxylic acids is 1. The maximum Gasteiger partial charge on any atom is 0.347 e. The first-order valence-electron chi connectivity index (χ1n) is 5.71. The quantitative estimate of drug-likeness (QED) is 0.918. The molecule has 1 aromatic carbocycles. The molecule has 0 fully saturated rings. The predicted molar refractivity (Wildman–Crippen MR) is 73.5 cm³/mol. The maximum atomic E-state index is 13.0. The number of hydrogen-bond acceptors (Lipinski definition) is 3. The largest absolute Gasteiger partial charge is 0.477 e. The summed E-state index contributed by atoms with van der Waals surface area (Å²) < 4.78 is 13.0. The molecule has 6 heteroatoms. The highest BCUT2D eigenvalue weighted by Crippen LogP contribution is 2.33. The summed E-state index contributed by atoms with van der Waals surface area (Å²) in [5.41, 5.74) is 1.10. The first-order chi connectivity index (χ1) is 9.02. The van der Waals surface area contributed by atoms with Gasteiger partial charge in [-0.1, -0.05) is 24.9 Å². The van der Waals surface area contributed by atoms with Crippen molar-refractivity contribution in [3.63, 3.8) is 0 Å². The first-order valence-corrected chi connectivity index (χ1v) is 6.90. The number of hydrogen-bond donors (Lipinski definition) is 1. The minimum atomic E-state index is -0.995. The van der Waals surface area contributed by atoms with E-state index in [4.69, 9.17) is 16.7 Å². The number of aromatic nitrogens is 1. The SMILES string of the molecule is CCCc1nc(-c2ccc(F)cc2Cl)sc1C(=O)O. The van der Waals surface area contributed by atoms with Crippen LogP contribution in [0.5, 0.6) is 0 Å². The van der Waals surface area contributed by atoms with Crippen molar-refractivity contribution in [2.75, 3.05) is 0 Å². The summed E-state index contributed by atoms with van der Waals surface area (Å²) in [4.78, 5) is 15.7. The number of halogens is 2. The zero-order valence-electron chi connectivity index (χ0n) is 10.1. The molecule has 0 saturated heterocycles. The minimum Gasteiger partial charge on any atom is -0.477 e. The second-order valence-electron chi connectivity index (χ2n) is 3.97. The standard InChI is InChI=1S/C13H11ClFNO2S/c1-2-3-10-11(13(17)18)19-12(16-10)8-5-4-7(15)6-9(8)14/h4-6H,2-3H2,1H3,(H,17,18). The lowest BCUT2D eigenvalue weighted by molar-refractivity contribution is 0.0700. The third-order valence-electron chi connectivity index (χ3n) is 2.54. The molecule has 0 spiro atoms. The molecule has 0 radical (unpaired) electrons. The summed E-state index contributed by atoms with van der Waals surface area (Å²) in [7, 11) is 0.